The molecule has 5 nitrogen and oxygen atoms in total. The topological polar surface area (TPSA) is 49.8 Å². The van der Waals surface area contributed by atoms with Crippen LogP contribution >= 0.6 is 0 Å². The zero-order valence-electron chi connectivity index (χ0n) is 42.5. The lowest BCUT2D eigenvalue weighted by Crippen LogP contribution is -2.62. The van der Waals surface area contributed by atoms with E-state index in [0.29, 0.717) is 0 Å². The van der Waals surface area contributed by atoms with Crippen molar-refractivity contribution in [1.29, 1.82) is 0 Å². The van der Waals surface area contributed by atoms with Crippen LogP contribution < -0.4 is 79.0 Å². The Morgan fingerprint density at radius 3 is 1.63 bits per heavy atom. The van der Waals surface area contributed by atoms with Crippen molar-refractivity contribution in [3.8, 4) is 68.2 Å². The lowest BCUT2D eigenvalue weighted by Gasteiger charge is -2.36. The van der Waals surface area contributed by atoms with Gasteiger partial charge < -0.3 is 18.9 Å². The molecule has 0 amide bonds. The molecule has 1 radical (unpaired) electrons. The monoisotopic (exact) mass is 972 g/mol. The molecular weight excluding hydrogens is 926 g/mol. The molecule has 0 aliphatic carbocycles. The van der Waals surface area contributed by atoms with Gasteiger partial charge in [-0.05, 0) is 118 Å². The Balaban J connectivity index is 0.868. The Bertz CT molecular complexity index is 4190. The molecule has 15 rings (SSSR count). The van der Waals surface area contributed by atoms with Gasteiger partial charge in [-0.15, -0.1) is 0 Å². The summed E-state index contributed by atoms with van der Waals surface area (Å²) in [7, 11) is 2.21. The van der Waals surface area contributed by atoms with Gasteiger partial charge in [0.2, 0.25) is 7.28 Å². The summed E-state index contributed by atoms with van der Waals surface area (Å²) in [5.41, 5.74) is 21.7. The summed E-state index contributed by atoms with van der Waals surface area (Å²) >= 11 is 0. The van der Waals surface area contributed by atoms with Crippen molar-refractivity contribution in [2.45, 2.75) is 27.7 Å². The summed E-state index contributed by atoms with van der Waals surface area (Å²) in [6.07, 6.45) is 3.66. The number of hydrogen-bond acceptors (Lipinski definition) is 5. The van der Waals surface area contributed by atoms with Gasteiger partial charge in [-0.1, -0.05) is 202 Å². The van der Waals surface area contributed by atoms with Gasteiger partial charge in [0.25, 0.3) is 20.1 Å². The molecule has 0 unspecified atom stereocenters. The summed E-state index contributed by atoms with van der Waals surface area (Å²) in [5, 5.41) is 2.22. The van der Waals surface area contributed by atoms with E-state index in [1.165, 1.54) is 44.2 Å². The number of fused-ring (bicyclic) bond motifs is 13. The lowest BCUT2D eigenvalue weighted by molar-refractivity contribution is 0.469. The highest BCUT2D eigenvalue weighted by Gasteiger charge is 2.45. The summed E-state index contributed by atoms with van der Waals surface area (Å²) in [4.78, 5) is 4.45. The van der Waals surface area contributed by atoms with Crippen molar-refractivity contribution in [3.63, 3.8) is 0 Å². The van der Waals surface area contributed by atoms with Crippen LogP contribution in [0.4, 0.5) is 0 Å². The fraction of sp³-hybridized carbons (Fsp3) is 0.0597. The summed E-state index contributed by atoms with van der Waals surface area (Å²) in [6.45, 7) is 8.65. The number of para-hydroxylation sites is 3. The van der Waals surface area contributed by atoms with Gasteiger partial charge in [-0.2, -0.15) is 0 Å². The van der Waals surface area contributed by atoms with Crippen molar-refractivity contribution < 1.29 is 18.9 Å². The second kappa shape index (κ2) is 17.3. The van der Waals surface area contributed by atoms with Crippen LogP contribution in [0.5, 0.6) is 46.0 Å². The van der Waals surface area contributed by atoms with Gasteiger partial charge in [0.15, 0.2) is 0 Å². The largest absolute Gasteiger partial charge is 0.459 e. The third-order valence-electron chi connectivity index (χ3n) is 16.4. The maximum atomic E-state index is 7.33. The van der Waals surface area contributed by atoms with E-state index in [0.717, 1.165) is 117 Å². The first-order valence-electron chi connectivity index (χ1n) is 26.3. The molecule has 0 atom stereocenters. The van der Waals surface area contributed by atoms with Crippen LogP contribution in [0.2, 0.25) is 0 Å². The second-order valence-electron chi connectivity index (χ2n) is 20.8. The van der Waals surface area contributed by atoms with Crippen molar-refractivity contribution >= 4 is 98.3 Å². The maximum absolute atomic E-state index is 7.33. The van der Waals surface area contributed by atoms with Crippen LogP contribution in [-0.4, -0.2) is 32.4 Å². The Kier molecular flexibility index (Phi) is 10.2. The van der Waals surface area contributed by atoms with Crippen molar-refractivity contribution in [2.75, 3.05) is 0 Å². The Morgan fingerprint density at radius 2 is 0.934 bits per heavy atom. The van der Waals surface area contributed by atoms with Gasteiger partial charge in [0.1, 0.15) is 46.0 Å². The van der Waals surface area contributed by atoms with E-state index in [1.54, 1.807) is 6.20 Å². The minimum atomic E-state index is -0.155. The summed E-state index contributed by atoms with van der Waals surface area (Å²) < 4.78 is 28.2. The van der Waals surface area contributed by atoms with E-state index in [9.17, 15) is 0 Å². The van der Waals surface area contributed by atoms with E-state index < -0.39 is 0 Å². The molecule has 76 heavy (non-hydrogen) atoms. The normalized spacial score (nSPS) is 13.2. The minimum Gasteiger partial charge on any atom is -0.459 e. The van der Waals surface area contributed by atoms with Crippen LogP contribution in [0.15, 0.2) is 207 Å². The van der Waals surface area contributed by atoms with E-state index in [1.807, 2.05) is 24.4 Å². The Morgan fingerprint density at radius 1 is 0.368 bits per heavy atom. The summed E-state index contributed by atoms with van der Waals surface area (Å²) in [5.74, 6) is 6.72. The maximum Gasteiger partial charge on any atom is 0.256 e. The third-order valence-corrected chi connectivity index (χ3v) is 16.4. The number of ether oxygens (including phenoxy) is 4. The Labute approximate surface area is 444 Å². The fourth-order valence-corrected chi connectivity index (χ4v) is 13.1. The zero-order chi connectivity index (χ0) is 50.8. The van der Waals surface area contributed by atoms with Gasteiger partial charge in [0.05, 0.1) is 0 Å². The molecular formula is C67H46B4NO4. The standard InChI is InChI=1S/C67H46B4NO4/c1-39-17-16-18-40(2)60(39)71-53-25-12-14-27-56(53)75-65-48-22-9-8-21-47(48)62-67(64(65)71)76-57-28-15-11-24-52(57)70(62)61-41(3)35-45(36-42(61)4)43-29-31-46(32-30-43)69-51-23-10-13-26-55(51)73-58-37-49(44-19-6-5-7-20-44)59-66(63(58)69)74-54-33-34-72-38-50(54)68-59/h5-38H,1-4H3. The van der Waals surface area contributed by atoms with Crippen LogP contribution in [-0.2, 0) is 0 Å². The molecule has 0 bridgehead atoms. The average Bonchev–Trinajstić information content (AvgIpc) is 3.47. The molecule has 0 N–H and O–H groups in total. The van der Waals surface area contributed by atoms with Gasteiger partial charge in [-0.3, -0.25) is 4.98 Å². The predicted molar refractivity (Wildman–Crippen MR) is 316 cm³/mol. The van der Waals surface area contributed by atoms with E-state index in [4.69, 9.17) is 18.9 Å². The van der Waals surface area contributed by atoms with Crippen molar-refractivity contribution in [2.24, 2.45) is 0 Å². The molecule has 0 fully saturated rings. The number of nitrogens with zero attached hydrogens (tertiary/aromatic N) is 1. The quantitative estimate of drug-likeness (QED) is 0.162. The SMILES string of the molecule is Cc1cccc(C)c1B1c2ccccc2Oc2c1c1c(c3ccccc23)B(c2c(C)cc(-c3ccc(B4c5ccccc5Oc5cc(-c6ccccc6)c6c(c54)Oc4ccncc4[B]6)cc3)cc2C)c2ccccc2O1. The van der Waals surface area contributed by atoms with E-state index in [-0.39, 0.29) is 20.1 Å². The molecule has 355 valence electrons. The van der Waals surface area contributed by atoms with Gasteiger partial charge in [-0.25, -0.2) is 0 Å². The Hall–Kier alpha value is -8.93. The first kappa shape index (κ1) is 44.5. The molecule has 1 aromatic heterocycles. The summed E-state index contributed by atoms with van der Waals surface area (Å²) in [6, 6.07) is 69.5. The zero-order valence-corrected chi connectivity index (χ0v) is 42.5. The number of rotatable bonds is 5. The van der Waals surface area contributed by atoms with Crippen LogP contribution in [0.3, 0.4) is 0 Å². The van der Waals surface area contributed by atoms with E-state index >= 15 is 0 Å². The smallest absolute Gasteiger partial charge is 0.256 e. The van der Waals surface area contributed by atoms with Gasteiger partial charge >= 0.3 is 0 Å². The van der Waals surface area contributed by atoms with E-state index in [2.05, 4.69) is 216 Å². The molecule has 9 heteroatoms. The van der Waals surface area contributed by atoms with Crippen LogP contribution in [0.1, 0.15) is 22.3 Å². The highest BCUT2D eigenvalue weighted by atomic mass is 16.5. The molecule has 10 aromatic carbocycles. The number of pyridine rings is 1. The van der Waals surface area contributed by atoms with Crippen molar-refractivity contribution in [3.05, 3.63) is 229 Å². The molecule has 0 saturated carbocycles. The highest BCUT2D eigenvalue weighted by molar-refractivity contribution is 7.02. The number of aromatic nitrogens is 1. The first-order chi connectivity index (χ1) is 37.4. The predicted octanol–water partition coefficient (Wildman–Crippen LogP) is 8.43. The average molecular weight is 972 g/mol. The van der Waals surface area contributed by atoms with Gasteiger partial charge in [0, 0.05) is 28.7 Å². The lowest BCUT2D eigenvalue weighted by atomic mass is 9.30. The molecule has 0 saturated heterocycles. The minimum absolute atomic E-state index is 0.113. The number of benzene rings is 10. The molecule has 0 spiro atoms. The second-order valence-corrected chi connectivity index (χ2v) is 20.8. The first-order valence-corrected chi connectivity index (χ1v) is 26.3. The molecule has 4 aliphatic rings. The van der Waals surface area contributed by atoms with Crippen LogP contribution in [0, 0.1) is 27.7 Å². The molecule has 5 heterocycles. The molecule has 11 aromatic rings. The molecule has 4 aliphatic heterocycles. The fourth-order valence-electron chi connectivity index (χ4n) is 13.1. The number of aryl methyl sites for hydroxylation is 4. The number of hydrogen-bond donors (Lipinski definition) is 0. The highest BCUT2D eigenvalue weighted by Crippen LogP contribution is 2.40. The van der Waals surface area contributed by atoms with Crippen molar-refractivity contribution in [1.82, 2.24) is 4.98 Å². The third kappa shape index (κ3) is 6.81. The van der Waals surface area contributed by atoms with Crippen LogP contribution in [0.25, 0.3) is 33.0 Å².